The van der Waals surface area contributed by atoms with E-state index in [1.165, 1.54) is 12.1 Å². The summed E-state index contributed by atoms with van der Waals surface area (Å²) in [7, 11) is 0. The van der Waals surface area contributed by atoms with E-state index in [0.717, 1.165) is 5.56 Å². The number of aromatic hydroxyl groups is 1. The molecule has 3 N–H and O–H groups in total. The number of halogens is 2. The Hall–Kier alpha value is -2.24. The van der Waals surface area contributed by atoms with Crippen LogP contribution in [0.5, 0.6) is 11.5 Å². The largest absolute Gasteiger partial charge is 0.508 e. The van der Waals surface area contributed by atoms with Gasteiger partial charge in [0.2, 0.25) is 0 Å². The van der Waals surface area contributed by atoms with Crippen molar-refractivity contribution in [2.45, 2.75) is 19.8 Å². The van der Waals surface area contributed by atoms with E-state index >= 15 is 0 Å². The molecule has 0 fully saturated rings. The van der Waals surface area contributed by atoms with Gasteiger partial charge in [-0.25, -0.2) is 0 Å². The average molecular weight is 407 g/mol. The molecular formula is C21H20Cl2O4. The minimum Gasteiger partial charge on any atom is -0.508 e. The van der Waals surface area contributed by atoms with Crippen molar-refractivity contribution in [1.82, 2.24) is 0 Å². The van der Waals surface area contributed by atoms with E-state index < -0.39 is 0 Å². The van der Waals surface area contributed by atoms with E-state index in [4.69, 9.17) is 38.2 Å². The van der Waals surface area contributed by atoms with Crippen molar-refractivity contribution in [3.8, 4) is 11.5 Å². The quantitative estimate of drug-likeness (QED) is 0.560. The molecule has 0 heterocycles. The summed E-state index contributed by atoms with van der Waals surface area (Å²) in [5.74, 6) is 0.743. The Morgan fingerprint density at radius 3 is 1.93 bits per heavy atom. The molecule has 6 heteroatoms. The summed E-state index contributed by atoms with van der Waals surface area (Å²) in [5.41, 5.74) is 2.24. The summed E-state index contributed by atoms with van der Waals surface area (Å²) in [6, 6.07) is 19.7. The molecule has 142 valence electrons. The minimum atomic E-state index is -0.188. The summed E-state index contributed by atoms with van der Waals surface area (Å²) in [4.78, 5) is 0. The van der Waals surface area contributed by atoms with Gasteiger partial charge in [0.25, 0.3) is 0 Å². The highest BCUT2D eigenvalue weighted by Gasteiger charge is 2.04. The van der Waals surface area contributed by atoms with Crippen LogP contribution in [0.4, 0.5) is 0 Å². The lowest BCUT2D eigenvalue weighted by molar-refractivity contribution is 0.259. The topological polar surface area (TPSA) is 69.9 Å². The third-order valence-electron chi connectivity index (χ3n) is 3.64. The van der Waals surface area contributed by atoms with E-state index in [2.05, 4.69) is 0 Å². The third kappa shape index (κ3) is 6.77. The van der Waals surface area contributed by atoms with Gasteiger partial charge in [-0.2, -0.15) is 0 Å². The number of hydrogen-bond donors (Lipinski definition) is 3. The molecule has 0 aliphatic heterocycles. The van der Waals surface area contributed by atoms with E-state index in [1.807, 2.05) is 30.3 Å². The van der Waals surface area contributed by atoms with Gasteiger partial charge in [0, 0.05) is 21.2 Å². The fraction of sp³-hybridized carbons (Fsp3) is 0.143. The SMILES string of the molecule is OCc1cc(Cl)ccc1O.OCc1cc(Cl)ccc1OCc1ccccc1. The fourth-order valence-corrected chi connectivity index (χ4v) is 2.62. The standard InChI is InChI=1S/C14H13ClO2.C7H7ClO2/c15-13-6-7-14(12(8-13)9-16)17-10-11-4-2-1-3-5-11;8-6-1-2-7(10)5(3-6)4-9/h1-8,16H,9-10H2;1-3,9-10H,4H2. The van der Waals surface area contributed by atoms with Crippen LogP contribution in [0.3, 0.4) is 0 Å². The number of ether oxygens (including phenoxy) is 1. The normalized spacial score (nSPS) is 10.1. The Morgan fingerprint density at radius 2 is 1.33 bits per heavy atom. The van der Waals surface area contributed by atoms with Gasteiger partial charge < -0.3 is 20.1 Å². The third-order valence-corrected chi connectivity index (χ3v) is 4.11. The number of hydrogen-bond acceptors (Lipinski definition) is 4. The monoisotopic (exact) mass is 406 g/mol. The molecule has 0 aliphatic rings. The van der Waals surface area contributed by atoms with Crippen molar-refractivity contribution in [3.63, 3.8) is 0 Å². The van der Waals surface area contributed by atoms with Crippen LogP contribution < -0.4 is 4.74 Å². The highest BCUT2D eigenvalue weighted by Crippen LogP contribution is 2.24. The Morgan fingerprint density at radius 1 is 0.741 bits per heavy atom. The molecule has 0 unspecified atom stereocenters. The predicted octanol–water partition coefficient (Wildman–Crippen LogP) is 4.95. The molecule has 27 heavy (non-hydrogen) atoms. The lowest BCUT2D eigenvalue weighted by Crippen LogP contribution is -1.98. The number of benzene rings is 3. The second-order valence-corrected chi connectivity index (χ2v) is 6.49. The zero-order valence-electron chi connectivity index (χ0n) is 14.5. The zero-order chi connectivity index (χ0) is 19.6. The van der Waals surface area contributed by atoms with Gasteiger partial charge in [0.05, 0.1) is 13.2 Å². The van der Waals surface area contributed by atoms with Crippen molar-refractivity contribution in [2.75, 3.05) is 0 Å². The molecule has 0 saturated carbocycles. The van der Waals surface area contributed by atoms with Crippen molar-refractivity contribution in [1.29, 1.82) is 0 Å². The van der Waals surface area contributed by atoms with Gasteiger partial charge in [-0.1, -0.05) is 53.5 Å². The number of aliphatic hydroxyl groups excluding tert-OH is 2. The molecule has 0 aliphatic carbocycles. The Bertz CT molecular complexity index is 854. The van der Waals surface area contributed by atoms with E-state index in [-0.39, 0.29) is 19.0 Å². The number of phenols is 1. The second-order valence-electron chi connectivity index (χ2n) is 5.62. The smallest absolute Gasteiger partial charge is 0.125 e. The second kappa shape index (κ2) is 10.8. The van der Waals surface area contributed by atoms with Gasteiger partial charge in [0.15, 0.2) is 0 Å². The highest BCUT2D eigenvalue weighted by molar-refractivity contribution is 6.31. The van der Waals surface area contributed by atoms with Crippen molar-refractivity contribution >= 4 is 23.2 Å². The lowest BCUT2D eigenvalue weighted by Gasteiger charge is -2.10. The minimum absolute atomic E-state index is 0.0758. The molecule has 0 spiro atoms. The van der Waals surface area contributed by atoms with Gasteiger partial charge in [-0.3, -0.25) is 0 Å². The van der Waals surface area contributed by atoms with Gasteiger partial charge >= 0.3 is 0 Å². The molecular weight excluding hydrogens is 387 g/mol. The fourth-order valence-electron chi connectivity index (χ4n) is 2.23. The van der Waals surface area contributed by atoms with E-state index in [1.54, 1.807) is 24.3 Å². The summed E-state index contributed by atoms with van der Waals surface area (Å²) < 4.78 is 5.65. The van der Waals surface area contributed by atoms with Crippen LogP contribution in [0.15, 0.2) is 66.7 Å². The van der Waals surface area contributed by atoms with E-state index in [9.17, 15) is 5.11 Å². The van der Waals surface area contributed by atoms with Crippen molar-refractivity contribution in [3.05, 3.63) is 93.5 Å². The zero-order valence-corrected chi connectivity index (χ0v) is 16.0. The van der Waals surface area contributed by atoms with Crippen LogP contribution in [0.25, 0.3) is 0 Å². The Balaban J connectivity index is 0.000000223. The molecule has 0 saturated heterocycles. The van der Waals surface area contributed by atoms with Crippen LogP contribution >= 0.6 is 23.2 Å². The first-order valence-electron chi connectivity index (χ1n) is 8.17. The molecule has 3 aromatic rings. The molecule has 0 atom stereocenters. The summed E-state index contributed by atoms with van der Waals surface area (Å²) in [6.07, 6.45) is 0. The molecule has 0 radical (unpaired) electrons. The Kier molecular flexibility index (Phi) is 8.43. The van der Waals surface area contributed by atoms with Crippen LogP contribution in [-0.2, 0) is 19.8 Å². The summed E-state index contributed by atoms with van der Waals surface area (Å²) >= 11 is 11.4. The van der Waals surface area contributed by atoms with Gasteiger partial charge in [-0.05, 0) is 42.0 Å². The maximum Gasteiger partial charge on any atom is 0.125 e. The first kappa shape index (κ1) is 21.1. The van der Waals surface area contributed by atoms with Crippen LogP contribution in [0, 0.1) is 0 Å². The Labute approximate surface area is 168 Å². The molecule has 4 nitrogen and oxygen atoms in total. The molecule has 0 aromatic heterocycles. The lowest BCUT2D eigenvalue weighted by atomic mass is 10.2. The van der Waals surface area contributed by atoms with Crippen molar-refractivity contribution in [2.24, 2.45) is 0 Å². The van der Waals surface area contributed by atoms with E-state index in [0.29, 0.717) is 33.5 Å². The molecule has 3 rings (SSSR count). The van der Waals surface area contributed by atoms with Gasteiger partial charge in [0.1, 0.15) is 18.1 Å². The van der Waals surface area contributed by atoms with Crippen LogP contribution in [0.2, 0.25) is 10.0 Å². The van der Waals surface area contributed by atoms with Crippen molar-refractivity contribution < 1.29 is 20.1 Å². The highest BCUT2D eigenvalue weighted by atomic mass is 35.5. The first-order valence-corrected chi connectivity index (χ1v) is 8.93. The maximum absolute atomic E-state index is 9.20. The first-order chi connectivity index (χ1) is 13.0. The maximum atomic E-state index is 9.20. The predicted molar refractivity (Wildman–Crippen MR) is 107 cm³/mol. The van der Waals surface area contributed by atoms with Gasteiger partial charge in [-0.15, -0.1) is 0 Å². The number of rotatable bonds is 5. The molecule has 0 bridgehead atoms. The molecule has 0 amide bonds. The average Bonchev–Trinajstić information content (AvgIpc) is 2.70. The summed E-state index contributed by atoms with van der Waals surface area (Å²) in [6.45, 7) is 0.215. The number of aliphatic hydroxyl groups is 2. The summed E-state index contributed by atoms with van der Waals surface area (Å²) in [5, 5.41) is 28.0. The van der Waals surface area contributed by atoms with Crippen LogP contribution in [0.1, 0.15) is 16.7 Å². The van der Waals surface area contributed by atoms with Crippen LogP contribution in [-0.4, -0.2) is 15.3 Å². The molecule has 3 aromatic carbocycles.